The van der Waals surface area contributed by atoms with Gasteiger partial charge in [-0.05, 0) is 6.42 Å². The van der Waals surface area contributed by atoms with Crippen molar-refractivity contribution in [2.24, 2.45) is 0 Å². The van der Waals surface area contributed by atoms with E-state index in [-0.39, 0.29) is 5.91 Å². The number of carbonyl (C=O) groups excluding carboxylic acids is 1. The number of amides is 1. The van der Waals surface area contributed by atoms with E-state index in [4.69, 9.17) is 16.3 Å². The maximum absolute atomic E-state index is 10.9. The van der Waals surface area contributed by atoms with Crippen molar-refractivity contribution in [2.75, 3.05) is 25.6 Å². The van der Waals surface area contributed by atoms with Gasteiger partial charge in [0.15, 0.2) is 0 Å². The highest BCUT2D eigenvalue weighted by Gasteiger charge is 1.97. The van der Waals surface area contributed by atoms with E-state index in [9.17, 15) is 4.79 Å². The molecule has 3 nitrogen and oxygen atoms in total. The molecule has 0 aliphatic carbocycles. The molecule has 0 heterocycles. The Morgan fingerprint density at radius 2 is 2.31 bits per heavy atom. The van der Waals surface area contributed by atoms with Crippen LogP contribution in [0.25, 0.3) is 0 Å². The van der Waals surface area contributed by atoms with Crippen molar-refractivity contribution in [1.29, 1.82) is 0 Å². The van der Waals surface area contributed by atoms with Crippen LogP contribution in [0.1, 0.15) is 12.8 Å². The Kier molecular flexibility index (Phi) is 9.15. The number of ether oxygens (including phenoxy) is 1. The third-order valence-electron chi connectivity index (χ3n) is 1.36. The summed E-state index contributed by atoms with van der Waals surface area (Å²) in [6, 6.07) is 0. The Morgan fingerprint density at radius 3 is 2.92 bits per heavy atom. The largest absolute Gasteiger partial charge is 0.379 e. The zero-order chi connectivity index (χ0) is 9.94. The lowest BCUT2D eigenvalue weighted by molar-refractivity contribution is -0.120. The zero-order valence-corrected chi connectivity index (χ0v) is 8.48. The first-order valence-electron chi connectivity index (χ1n) is 4.32. The summed E-state index contributed by atoms with van der Waals surface area (Å²) >= 11 is 5.37. The Bertz CT molecular complexity index is 151. The van der Waals surface area contributed by atoms with E-state index < -0.39 is 0 Å². The molecule has 0 radical (unpaired) electrons. The van der Waals surface area contributed by atoms with Gasteiger partial charge in [-0.1, -0.05) is 6.08 Å². The highest BCUT2D eigenvalue weighted by Crippen LogP contribution is 1.84. The van der Waals surface area contributed by atoms with Crippen molar-refractivity contribution in [2.45, 2.75) is 12.8 Å². The van der Waals surface area contributed by atoms with E-state index in [0.29, 0.717) is 32.1 Å². The quantitative estimate of drug-likeness (QED) is 0.369. The molecule has 0 fully saturated rings. The van der Waals surface area contributed by atoms with E-state index in [1.807, 2.05) is 0 Å². The Morgan fingerprint density at radius 1 is 1.54 bits per heavy atom. The maximum atomic E-state index is 10.9. The summed E-state index contributed by atoms with van der Waals surface area (Å²) in [6.07, 6.45) is 3.01. The van der Waals surface area contributed by atoms with Gasteiger partial charge < -0.3 is 10.1 Å². The van der Waals surface area contributed by atoms with Crippen LogP contribution >= 0.6 is 11.6 Å². The molecule has 0 unspecified atom stereocenters. The molecular weight excluding hydrogens is 190 g/mol. The first-order valence-corrected chi connectivity index (χ1v) is 4.86. The van der Waals surface area contributed by atoms with Crippen molar-refractivity contribution < 1.29 is 9.53 Å². The van der Waals surface area contributed by atoms with Crippen molar-refractivity contribution in [3.8, 4) is 0 Å². The average molecular weight is 206 g/mol. The van der Waals surface area contributed by atoms with Crippen LogP contribution in [-0.4, -0.2) is 31.5 Å². The molecule has 76 valence electrons. The molecule has 13 heavy (non-hydrogen) atoms. The van der Waals surface area contributed by atoms with Gasteiger partial charge in [0.1, 0.15) is 0 Å². The van der Waals surface area contributed by atoms with Gasteiger partial charge in [-0.2, -0.15) is 0 Å². The number of nitrogens with one attached hydrogen (secondary N) is 1. The average Bonchev–Trinajstić information content (AvgIpc) is 2.11. The highest BCUT2D eigenvalue weighted by atomic mass is 35.5. The predicted molar refractivity (Wildman–Crippen MR) is 54.0 cm³/mol. The van der Waals surface area contributed by atoms with E-state index in [2.05, 4.69) is 11.9 Å². The van der Waals surface area contributed by atoms with Crippen LogP contribution in [0.4, 0.5) is 0 Å². The molecule has 0 saturated carbocycles. The Balaban J connectivity index is 3.06. The SMILES string of the molecule is C=CCCOCCNC(=O)CCCl. The van der Waals surface area contributed by atoms with Crippen LogP contribution in [0.15, 0.2) is 12.7 Å². The lowest BCUT2D eigenvalue weighted by atomic mass is 10.4. The van der Waals surface area contributed by atoms with Crippen LogP contribution in [0.5, 0.6) is 0 Å². The minimum Gasteiger partial charge on any atom is -0.379 e. The first-order chi connectivity index (χ1) is 6.31. The van der Waals surface area contributed by atoms with E-state index in [0.717, 1.165) is 6.42 Å². The van der Waals surface area contributed by atoms with Crippen LogP contribution in [0, 0.1) is 0 Å². The molecule has 1 amide bonds. The number of alkyl halides is 1. The number of rotatable bonds is 8. The Hall–Kier alpha value is -0.540. The highest BCUT2D eigenvalue weighted by molar-refractivity contribution is 6.18. The second-order valence-electron chi connectivity index (χ2n) is 2.48. The number of carbonyl (C=O) groups is 1. The number of hydrogen-bond acceptors (Lipinski definition) is 2. The second-order valence-corrected chi connectivity index (χ2v) is 2.86. The maximum Gasteiger partial charge on any atom is 0.221 e. The topological polar surface area (TPSA) is 38.3 Å². The third kappa shape index (κ3) is 9.37. The molecule has 0 saturated heterocycles. The number of halogens is 1. The third-order valence-corrected chi connectivity index (χ3v) is 1.55. The molecule has 0 bridgehead atoms. The smallest absolute Gasteiger partial charge is 0.221 e. The summed E-state index contributed by atoms with van der Waals surface area (Å²) < 4.78 is 5.18. The molecule has 0 aliphatic rings. The van der Waals surface area contributed by atoms with Gasteiger partial charge in [-0.15, -0.1) is 18.2 Å². The van der Waals surface area contributed by atoms with Gasteiger partial charge in [-0.25, -0.2) is 0 Å². The molecule has 4 heteroatoms. The molecular formula is C9H16ClNO2. The van der Waals surface area contributed by atoms with Crippen LogP contribution in [-0.2, 0) is 9.53 Å². The van der Waals surface area contributed by atoms with Crippen molar-refractivity contribution in [1.82, 2.24) is 5.32 Å². The summed E-state index contributed by atoms with van der Waals surface area (Å²) in [5.74, 6) is 0.339. The molecule has 0 aromatic rings. The summed E-state index contributed by atoms with van der Waals surface area (Å²) in [7, 11) is 0. The minimum atomic E-state index is -0.0256. The van der Waals surface area contributed by atoms with Crippen molar-refractivity contribution in [3.63, 3.8) is 0 Å². The second kappa shape index (κ2) is 9.55. The molecule has 0 aromatic carbocycles. The fourth-order valence-electron chi connectivity index (χ4n) is 0.706. The molecule has 0 aromatic heterocycles. The van der Waals surface area contributed by atoms with E-state index in [1.54, 1.807) is 6.08 Å². The van der Waals surface area contributed by atoms with Gasteiger partial charge in [0.25, 0.3) is 0 Å². The fraction of sp³-hybridized carbons (Fsp3) is 0.667. The van der Waals surface area contributed by atoms with E-state index >= 15 is 0 Å². The van der Waals surface area contributed by atoms with Crippen LogP contribution in [0.3, 0.4) is 0 Å². The fourth-order valence-corrected chi connectivity index (χ4v) is 0.877. The Labute approximate surface area is 84.1 Å². The zero-order valence-electron chi connectivity index (χ0n) is 7.72. The molecule has 1 N–H and O–H groups in total. The lowest BCUT2D eigenvalue weighted by Gasteiger charge is -2.04. The molecule has 0 aliphatic heterocycles. The van der Waals surface area contributed by atoms with Crippen LogP contribution < -0.4 is 5.32 Å². The number of hydrogen-bond donors (Lipinski definition) is 1. The molecule has 0 rings (SSSR count). The summed E-state index contributed by atoms with van der Waals surface area (Å²) in [5, 5.41) is 2.69. The normalized spacial score (nSPS) is 9.62. The summed E-state index contributed by atoms with van der Waals surface area (Å²) in [6.45, 7) is 5.32. The predicted octanol–water partition coefficient (Wildman–Crippen LogP) is 1.32. The molecule has 0 spiro atoms. The minimum absolute atomic E-state index is 0.0256. The van der Waals surface area contributed by atoms with Gasteiger partial charge in [0.2, 0.25) is 5.91 Å². The van der Waals surface area contributed by atoms with Gasteiger partial charge in [-0.3, -0.25) is 4.79 Å². The van der Waals surface area contributed by atoms with Crippen molar-refractivity contribution >= 4 is 17.5 Å². The van der Waals surface area contributed by atoms with E-state index in [1.165, 1.54) is 0 Å². The van der Waals surface area contributed by atoms with Crippen LogP contribution in [0.2, 0.25) is 0 Å². The van der Waals surface area contributed by atoms with Crippen molar-refractivity contribution in [3.05, 3.63) is 12.7 Å². The standard InChI is InChI=1S/C9H16ClNO2/c1-2-3-7-13-8-6-11-9(12)4-5-10/h2H,1,3-8H2,(H,11,12). The first kappa shape index (κ1) is 12.5. The molecule has 0 atom stereocenters. The monoisotopic (exact) mass is 205 g/mol. The van der Waals surface area contributed by atoms with Gasteiger partial charge >= 0.3 is 0 Å². The summed E-state index contributed by atoms with van der Waals surface area (Å²) in [5.41, 5.74) is 0. The van der Waals surface area contributed by atoms with Gasteiger partial charge in [0, 0.05) is 18.8 Å². The lowest BCUT2D eigenvalue weighted by Crippen LogP contribution is -2.27. The summed E-state index contributed by atoms with van der Waals surface area (Å²) in [4.78, 5) is 10.9. The van der Waals surface area contributed by atoms with Gasteiger partial charge in [0.05, 0.1) is 13.2 Å².